The lowest BCUT2D eigenvalue weighted by Gasteiger charge is -2.28. The van der Waals surface area contributed by atoms with Crippen LogP contribution in [0.2, 0.25) is 0 Å². The van der Waals surface area contributed by atoms with Crippen LogP contribution >= 0.6 is 0 Å². The summed E-state index contributed by atoms with van der Waals surface area (Å²) in [4.78, 5) is 27.7. The van der Waals surface area contributed by atoms with Gasteiger partial charge < -0.3 is 15.3 Å². The number of carbonyl (C=O) groups is 2. The molecule has 142 valence electrons. The van der Waals surface area contributed by atoms with Crippen LogP contribution in [-0.4, -0.2) is 37.1 Å². The first-order chi connectivity index (χ1) is 13.1. The van der Waals surface area contributed by atoms with Crippen molar-refractivity contribution >= 4 is 17.5 Å². The standard InChI is InChI=1S/C22H26N2O3/c1-24-19-12-6-5-11-18(19)22(21(24)27,15-17-9-3-2-4-10-17)16-20(26)23-13-7-8-14-25/h2-6,9-12,25H,7-8,13-16H2,1H3,(H,23,26)/t22-/m0/s1. The maximum atomic E-state index is 13.3. The van der Waals surface area contributed by atoms with Crippen molar-refractivity contribution in [2.24, 2.45) is 0 Å². The van der Waals surface area contributed by atoms with Crippen molar-refractivity contribution in [3.05, 3.63) is 65.7 Å². The minimum absolute atomic E-state index is 0.0435. The smallest absolute Gasteiger partial charge is 0.238 e. The molecule has 2 aromatic rings. The molecular weight excluding hydrogens is 340 g/mol. The number of hydrogen-bond donors (Lipinski definition) is 2. The molecule has 5 nitrogen and oxygen atoms in total. The monoisotopic (exact) mass is 366 g/mol. The van der Waals surface area contributed by atoms with Gasteiger partial charge in [-0.1, -0.05) is 48.5 Å². The molecule has 0 unspecified atom stereocenters. The first-order valence-corrected chi connectivity index (χ1v) is 9.37. The summed E-state index contributed by atoms with van der Waals surface area (Å²) in [5, 5.41) is 11.8. The van der Waals surface area contributed by atoms with E-state index in [1.165, 1.54) is 0 Å². The third kappa shape index (κ3) is 3.88. The number of likely N-dealkylation sites (N-methyl/N-ethyl adjacent to an activating group) is 1. The molecule has 1 atom stereocenters. The Kier molecular flexibility index (Phi) is 5.91. The second-order valence-electron chi connectivity index (χ2n) is 7.08. The van der Waals surface area contributed by atoms with Crippen molar-refractivity contribution in [1.82, 2.24) is 5.32 Å². The second-order valence-corrected chi connectivity index (χ2v) is 7.08. The highest BCUT2D eigenvalue weighted by atomic mass is 16.3. The van der Waals surface area contributed by atoms with Gasteiger partial charge in [-0.25, -0.2) is 0 Å². The molecule has 1 heterocycles. The van der Waals surface area contributed by atoms with Crippen LogP contribution in [-0.2, 0) is 21.4 Å². The molecule has 5 heteroatoms. The van der Waals surface area contributed by atoms with E-state index in [0.29, 0.717) is 19.4 Å². The first kappa shape index (κ1) is 19.1. The summed E-state index contributed by atoms with van der Waals surface area (Å²) in [5.41, 5.74) is 1.91. The number of para-hydroxylation sites is 1. The summed E-state index contributed by atoms with van der Waals surface area (Å²) in [6.45, 7) is 0.622. The third-order valence-corrected chi connectivity index (χ3v) is 5.21. The van der Waals surface area contributed by atoms with E-state index in [1.54, 1.807) is 11.9 Å². The second kappa shape index (κ2) is 8.35. The third-order valence-electron chi connectivity index (χ3n) is 5.21. The Morgan fingerprint density at radius 1 is 1.07 bits per heavy atom. The van der Waals surface area contributed by atoms with Crippen LogP contribution in [0.25, 0.3) is 0 Å². The minimum atomic E-state index is -0.895. The molecule has 0 saturated heterocycles. The number of fused-ring (bicyclic) bond motifs is 1. The van der Waals surface area contributed by atoms with Crippen LogP contribution in [0.15, 0.2) is 54.6 Å². The summed E-state index contributed by atoms with van der Waals surface area (Å²) in [5.74, 6) is -0.180. The van der Waals surface area contributed by atoms with Gasteiger partial charge in [0.1, 0.15) is 0 Å². The number of benzene rings is 2. The predicted octanol–water partition coefficient (Wildman–Crippen LogP) is 2.42. The summed E-state index contributed by atoms with van der Waals surface area (Å²) in [7, 11) is 1.77. The lowest BCUT2D eigenvalue weighted by atomic mass is 9.73. The highest BCUT2D eigenvalue weighted by Gasteiger charge is 2.50. The van der Waals surface area contributed by atoms with E-state index in [1.807, 2.05) is 54.6 Å². The number of unbranched alkanes of at least 4 members (excludes halogenated alkanes) is 1. The van der Waals surface area contributed by atoms with Crippen LogP contribution in [0.4, 0.5) is 5.69 Å². The van der Waals surface area contributed by atoms with E-state index in [-0.39, 0.29) is 24.8 Å². The van der Waals surface area contributed by atoms with Gasteiger partial charge in [0.05, 0.1) is 5.41 Å². The van der Waals surface area contributed by atoms with Crippen LogP contribution in [0.5, 0.6) is 0 Å². The molecule has 0 bridgehead atoms. The van der Waals surface area contributed by atoms with Crippen LogP contribution in [0.3, 0.4) is 0 Å². The first-order valence-electron chi connectivity index (χ1n) is 9.37. The average Bonchev–Trinajstić information content (AvgIpc) is 2.89. The SMILES string of the molecule is CN1C(=O)[C@](CC(=O)NCCCCO)(Cc2ccccc2)c2ccccc21. The summed E-state index contributed by atoms with van der Waals surface area (Å²) >= 11 is 0. The van der Waals surface area contributed by atoms with E-state index >= 15 is 0 Å². The zero-order valence-corrected chi connectivity index (χ0v) is 15.6. The van der Waals surface area contributed by atoms with Crippen LogP contribution in [0, 0.1) is 0 Å². The van der Waals surface area contributed by atoms with E-state index in [2.05, 4.69) is 5.32 Å². The Bertz CT molecular complexity index is 806. The molecule has 0 fully saturated rings. The molecule has 0 aliphatic carbocycles. The van der Waals surface area contributed by atoms with E-state index in [0.717, 1.165) is 23.2 Å². The fourth-order valence-electron chi connectivity index (χ4n) is 3.87. The Hall–Kier alpha value is -2.66. The number of amides is 2. The van der Waals surface area contributed by atoms with Crippen LogP contribution in [0.1, 0.15) is 30.4 Å². The number of aliphatic hydroxyl groups excluding tert-OH is 1. The Labute approximate surface area is 160 Å². The maximum absolute atomic E-state index is 13.3. The van der Waals surface area contributed by atoms with Crippen molar-refractivity contribution in [1.29, 1.82) is 0 Å². The Morgan fingerprint density at radius 3 is 2.52 bits per heavy atom. The number of nitrogens with one attached hydrogen (secondary N) is 1. The number of carbonyl (C=O) groups excluding carboxylic acids is 2. The summed E-state index contributed by atoms with van der Waals surface area (Å²) in [6.07, 6.45) is 1.97. The number of aliphatic hydroxyl groups is 1. The van der Waals surface area contributed by atoms with Gasteiger partial charge >= 0.3 is 0 Å². The summed E-state index contributed by atoms with van der Waals surface area (Å²) in [6, 6.07) is 17.6. The zero-order chi connectivity index (χ0) is 19.3. The number of nitrogens with zero attached hydrogens (tertiary/aromatic N) is 1. The van der Waals surface area contributed by atoms with Crippen molar-refractivity contribution in [2.45, 2.75) is 31.1 Å². The molecule has 1 aliphatic heterocycles. The molecule has 0 radical (unpaired) electrons. The molecule has 3 rings (SSSR count). The van der Waals surface area contributed by atoms with Crippen molar-refractivity contribution in [3.8, 4) is 0 Å². The molecule has 2 aromatic carbocycles. The van der Waals surface area contributed by atoms with E-state index in [4.69, 9.17) is 5.11 Å². The molecule has 2 amide bonds. The minimum Gasteiger partial charge on any atom is -0.396 e. The summed E-state index contributed by atoms with van der Waals surface area (Å²) < 4.78 is 0. The van der Waals surface area contributed by atoms with Gasteiger partial charge in [-0.3, -0.25) is 9.59 Å². The van der Waals surface area contributed by atoms with Crippen molar-refractivity contribution < 1.29 is 14.7 Å². The van der Waals surface area contributed by atoms with Gasteiger partial charge in [0.15, 0.2) is 0 Å². The molecule has 27 heavy (non-hydrogen) atoms. The highest BCUT2D eigenvalue weighted by Crippen LogP contribution is 2.45. The number of hydrogen-bond acceptors (Lipinski definition) is 3. The fraction of sp³-hybridized carbons (Fsp3) is 0.364. The number of rotatable bonds is 8. The lowest BCUT2D eigenvalue weighted by Crippen LogP contribution is -2.44. The molecule has 2 N–H and O–H groups in total. The Morgan fingerprint density at radius 2 is 1.78 bits per heavy atom. The molecule has 1 aliphatic rings. The predicted molar refractivity (Wildman–Crippen MR) is 106 cm³/mol. The zero-order valence-electron chi connectivity index (χ0n) is 15.6. The molecular formula is C22H26N2O3. The van der Waals surface area contributed by atoms with Gasteiger partial charge in [0.25, 0.3) is 0 Å². The number of anilines is 1. The van der Waals surface area contributed by atoms with E-state index < -0.39 is 5.41 Å². The van der Waals surface area contributed by atoms with Crippen molar-refractivity contribution in [3.63, 3.8) is 0 Å². The largest absolute Gasteiger partial charge is 0.396 e. The maximum Gasteiger partial charge on any atom is 0.238 e. The lowest BCUT2D eigenvalue weighted by molar-refractivity contribution is -0.129. The van der Waals surface area contributed by atoms with Gasteiger partial charge in [0.2, 0.25) is 11.8 Å². The van der Waals surface area contributed by atoms with E-state index in [9.17, 15) is 9.59 Å². The fourth-order valence-corrected chi connectivity index (χ4v) is 3.87. The topological polar surface area (TPSA) is 69.6 Å². The highest BCUT2D eigenvalue weighted by molar-refractivity contribution is 6.09. The quantitative estimate of drug-likeness (QED) is 0.705. The van der Waals surface area contributed by atoms with Gasteiger partial charge in [-0.15, -0.1) is 0 Å². The average molecular weight is 366 g/mol. The van der Waals surface area contributed by atoms with Crippen LogP contribution < -0.4 is 10.2 Å². The molecule has 0 spiro atoms. The normalized spacial score (nSPS) is 18.4. The van der Waals surface area contributed by atoms with Gasteiger partial charge in [-0.2, -0.15) is 0 Å². The molecule has 0 aromatic heterocycles. The van der Waals surface area contributed by atoms with Crippen molar-refractivity contribution in [2.75, 3.05) is 25.1 Å². The molecule has 0 saturated carbocycles. The Balaban J connectivity index is 1.91. The van der Waals surface area contributed by atoms with Gasteiger partial charge in [-0.05, 0) is 36.5 Å². The van der Waals surface area contributed by atoms with Gasteiger partial charge in [0, 0.05) is 32.3 Å².